The third-order valence-corrected chi connectivity index (χ3v) is 4.05. The van der Waals surface area contributed by atoms with Crippen LogP contribution in [-0.2, 0) is 4.79 Å². The highest BCUT2D eigenvalue weighted by atomic mass is 16.2. The van der Waals surface area contributed by atoms with E-state index in [0.717, 1.165) is 19.5 Å². The summed E-state index contributed by atoms with van der Waals surface area (Å²) < 4.78 is 0. The van der Waals surface area contributed by atoms with Crippen LogP contribution in [0.5, 0.6) is 0 Å². The number of carbonyl (C=O) groups is 1. The highest BCUT2D eigenvalue weighted by molar-refractivity contribution is 5.78. The summed E-state index contributed by atoms with van der Waals surface area (Å²) in [5.41, 5.74) is 5.99. The van der Waals surface area contributed by atoms with E-state index in [4.69, 9.17) is 5.73 Å². The Morgan fingerprint density at radius 1 is 1.26 bits per heavy atom. The van der Waals surface area contributed by atoms with Gasteiger partial charge in [0.25, 0.3) is 0 Å². The minimum absolute atomic E-state index is 0.226. The smallest absolute Gasteiger partial charge is 0.237 e. The second kappa shape index (κ2) is 7.25. The van der Waals surface area contributed by atoms with Crippen LogP contribution in [0.3, 0.4) is 0 Å². The Morgan fingerprint density at radius 3 is 2.32 bits per heavy atom. The van der Waals surface area contributed by atoms with Crippen molar-refractivity contribution in [1.29, 1.82) is 0 Å². The minimum atomic E-state index is 0.226. The molecule has 19 heavy (non-hydrogen) atoms. The Morgan fingerprint density at radius 2 is 1.84 bits per heavy atom. The number of hydrogen-bond donors (Lipinski definition) is 1. The fourth-order valence-electron chi connectivity index (χ4n) is 3.11. The molecule has 0 spiro atoms. The van der Waals surface area contributed by atoms with Crippen molar-refractivity contribution in [2.75, 3.05) is 19.6 Å². The molecule has 1 amide bonds. The van der Waals surface area contributed by atoms with Crippen LogP contribution in [0, 0.1) is 5.92 Å². The van der Waals surface area contributed by atoms with Gasteiger partial charge in [0.05, 0.1) is 6.54 Å². The summed E-state index contributed by atoms with van der Waals surface area (Å²) in [7, 11) is 0. The lowest BCUT2D eigenvalue weighted by Gasteiger charge is -2.37. The molecule has 2 unspecified atom stereocenters. The van der Waals surface area contributed by atoms with E-state index in [9.17, 15) is 4.79 Å². The topological polar surface area (TPSA) is 49.6 Å². The summed E-state index contributed by atoms with van der Waals surface area (Å²) in [4.78, 5) is 16.7. The molecule has 1 aliphatic rings. The van der Waals surface area contributed by atoms with E-state index in [1.54, 1.807) is 0 Å². The molecule has 0 radical (unpaired) electrons. The quantitative estimate of drug-likeness (QED) is 0.826. The molecule has 1 rings (SSSR count). The van der Waals surface area contributed by atoms with Gasteiger partial charge in [-0.2, -0.15) is 0 Å². The van der Waals surface area contributed by atoms with Crippen molar-refractivity contribution < 1.29 is 4.79 Å². The summed E-state index contributed by atoms with van der Waals surface area (Å²) >= 11 is 0. The molecule has 0 aromatic heterocycles. The lowest BCUT2D eigenvalue weighted by Crippen LogP contribution is -2.50. The molecule has 0 aliphatic carbocycles. The first-order chi connectivity index (χ1) is 8.82. The van der Waals surface area contributed by atoms with Gasteiger partial charge >= 0.3 is 0 Å². The van der Waals surface area contributed by atoms with Crippen LogP contribution < -0.4 is 5.73 Å². The standard InChI is InChI=1S/C15H31N3O/c1-11(2)18(12(3)4)15(19)10-17-8-6-7-14(9-17)13(5)16/h11-14H,6-10,16H2,1-5H3. The van der Waals surface area contributed by atoms with Gasteiger partial charge in [0, 0.05) is 24.7 Å². The van der Waals surface area contributed by atoms with Gasteiger partial charge in [-0.15, -0.1) is 0 Å². The lowest BCUT2D eigenvalue weighted by atomic mass is 9.92. The highest BCUT2D eigenvalue weighted by Crippen LogP contribution is 2.19. The molecule has 2 N–H and O–H groups in total. The van der Waals surface area contributed by atoms with E-state index in [-0.39, 0.29) is 24.0 Å². The van der Waals surface area contributed by atoms with Crippen molar-refractivity contribution in [2.45, 2.75) is 65.6 Å². The number of rotatable bonds is 5. The van der Waals surface area contributed by atoms with Gasteiger partial charge in [-0.3, -0.25) is 9.69 Å². The number of nitrogens with two attached hydrogens (primary N) is 1. The third-order valence-electron chi connectivity index (χ3n) is 4.05. The fourth-order valence-corrected chi connectivity index (χ4v) is 3.11. The molecule has 0 saturated carbocycles. The number of carbonyl (C=O) groups excluding carboxylic acids is 1. The van der Waals surface area contributed by atoms with Gasteiger partial charge < -0.3 is 10.6 Å². The first-order valence-corrected chi connectivity index (χ1v) is 7.62. The van der Waals surface area contributed by atoms with Crippen LogP contribution in [0.2, 0.25) is 0 Å². The summed E-state index contributed by atoms with van der Waals surface area (Å²) in [6.07, 6.45) is 2.35. The molecule has 112 valence electrons. The Bertz CT molecular complexity index is 281. The van der Waals surface area contributed by atoms with E-state index >= 15 is 0 Å². The second-order valence-corrected chi connectivity index (χ2v) is 6.49. The predicted octanol–water partition coefficient (Wildman–Crippen LogP) is 1.69. The average Bonchev–Trinajstić information content (AvgIpc) is 2.27. The van der Waals surface area contributed by atoms with E-state index in [1.165, 1.54) is 6.42 Å². The van der Waals surface area contributed by atoms with Crippen LogP contribution in [0.1, 0.15) is 47.5 Å². The largest absolute Gasteiger partial charge is 0.337 e. The van der Waals surface area contributed by atoms with Crippen molar-refractivity contribution >= 4 is 5.91 Å². The van der Waals surface area contributed by atoms with Gasteiger partial charge in [-0.05, 0) is 59.9 Å². The molecule has 0 bridgehead atoms. The van der Waals surface area contributed by atoms with Gasteiger partial charge in [0.1, 0.15) is 0 Å². The fraction of sp³-hybridized carbons (Fsp3) is 0.933. The zero-order chi connectivity index (χ0) is 14.6. The Balaban J connectivity index is 2.55. The molecule has 0 aromatic rings. The van der Waals surface area contributed by atoms with Crippen LogP contribution in [0.4, 0.5) is 0 Å². The van der Waals surface area contributed by atoms with Crippen LogP contribution in [0.15, 0.2) is 0 Å². The first-order valence-electron chi connectivity index (χ1n) is 7.62. The normalized spacial score (nSPS) is 22.8. The van der Waals surface area contributed by atoms with Gasteiger partial charge in [0.15, 0.2) is 0 Å². The maximum Gasteiger partial charge on any atom is 0.237 e. The van der Waals surface area contributed by atoms with E-state index in [0.29, 0.717) is 12.5 Å². The highest BCUT2D eigenvalue weighted by Gasteiger charge is 2.27. The minimum Gasteiger partial charge on any atom is -0.337 e. The Kier molecular flexibility index (Phi) is 6.27. The molecule has 2 atom stereocenters. The van der Waals surface area contributed by atoms with E-state index < -0.39 is 0 Å². The van der Waals surface area contributed by atoms with Crippen LogP contribution in [-0.4, -0.2) is 53.5 Å². The molecular weight excluding hydrogens is 238 g/mol. The molecule has 1 heterocycles. The van der Waals surface area contributed by atoms with Crippen LogP contribution in [0.25, 0.3) is 0 Å². The molecule has 4 heteroatoms. The van der Waals surface area contributed by atoms with Crippen molar-refractivity contribution in [3.63, 3.8) is 0 Å². The van der Waals surface area contributed by atoms with Crippen molar-refractivity contribution in [3.05, 3.63) is 0 Å². The summed E-state index contributed by atoms with van der Waals surface area (Å²) in [5.74, 6) is 0.781. The lowest BCUT2D eigenvalue weighted by molar-refractivity contribution is -0.136. The maximum absolute atomic E-state index is 12.4. The number of hydrogen-bond acceptors (Lipinski definition) is 3. The molecule has 1 fully saturated rings. The van der Waals surface area contributed by atoms with Crippen molar-refractivity contribution in [2.24, 2.45) is 11.7 Å². The molecule has 1 saturated heterocycles. The van der Waals surface area contributed by atoms with E-state index in [2.05, 4.69) is 39.5 Å². The van der Waals surface area contributed by atoms with E-state index in [1.807, 2.05) is 4.90 Å². The number of piperidine rings is 1. The monoisotopic (exact) mass is 269 g/mol. The molecular formula is C15H31N3O. The molecule has 1 aliphatic heterocycles. The zero-order valence-electron chi connectivity index (χ0n) is 13.2. The summed E-state index contributed by atoms with van der Waals surface area (Å²) in [6.45, 7) is 12.9. The van der Waals surface area contributed by atoms with Gasteiger partial charge in [-0.1, -0.05) is 0 Å². The molecule has 0 aromatic carbocycles. The predicted molar refractivity (Wildman–Crippen MR) is 79.9 cm³/mol. The zero-order valence-corrected chi connectivity index (χ0v) is 13.2. The number of amides is 1. The van der Waals surface area contributed by atoms with Gasteiger partial charge in [0.2, 0.25) is 5.91 Å². The Hall–Kier alpha value is -0.610. The van der Waals surface area contributed by atoms with Crippen LogP contribution >= 0.6 is 0 Å². The second-order valence-electron chi connectivity index (χ2n) is 6.49. The van der Waals surface area contributed by atoms with Crippen molar-refractivity contribution in [1.82, 2.24) is 9.80 Å². The number of nitrogens with zero attached hydrogens (tertiary/aromatic N) is 2. The maximum atomic E-state index is 12.4. The summed E-state index contributed by atoms with van der Waals surface area (Å²) in [6, 6.07) is 0.757. The van der Waals surface area contributed by atoms with Gasteiger partial charge in [-0.25, -0.2) is 0 Å². The third kappa shape index (κ3) is 4.77. The van der Waals surface area contributed by atoms with Crippen molar-refractivity contribution in [3.8, 4) is 0 Å². The average molecular weight is 269 g/mol. The Labute approximate surface area is 118 Å². The number of likely N-dealkylation sites (tertiary alicyclic amines) is 1. The SMILES string of the molecule is CC(N)C1CCCN(CC(=O)N(C(C)C)C(C)C)C1. The first kappa shape index (κ1) is 16.4. The molecule has 4 nitrogen and oxygen atoms in total. The summed E-state index contributed by atoms with van der Waals surface area (Å²) in [5, 5.41) is 0.